The summed E-state index contributed by atoms with van der Waals surface area (Å²) in [6.07, 6.45) is 0. The molecule has 1 aromatic carbocycles. The van der Waals surface area contributed by atoms with Crippen molar-refractivity contribution in [3.8, 4) is 0 Å². The highest BCUT2D eigenvalue weighted by Gasteiger charge is 2.18. The average molecular weight is 222 g/mol. The van der Waals surface area contributed by atoms with E-state index in [0.29, 0.717) is 17.8 Å². The van der Waals surface area contributed by atoms with Crippen LogP contribution in [0.2, 0.25) is 0 Å². The van der Waals surface area contributed by atoms with Gasteiger partial charge in [-0.1, -0.05) is 12.1 Å². The molecular weight excluding hydrogens is 204 g/mol. The molecule has 1 rings (SSSR count). The molecule has 0 spiro atoms. The first-order valence-corrected chi connectivity index (χ1v) is 5.14. The van der Waals surface area contributed by atoms with Gasteiger partial charge in [-0.2, -0.15) is 0 Å². The number of carbonyl (C=O) groups excluding carboxylic acids is 1. The number of nitrogens with one attached hydrogen (secondary N) is 1. The molecule has 4 nitrogen and oxygen atoms in total. The van der Waals surface area contributed by atoms with Gasteiger partial charge in [0.05, 0.1) is 11.2 Å². The number of methoxy groups -OCH3 is 1. The van der Waals surface area contributed by atoms with E-state index in [0.717, 1.165) is 0 Å². The first-order valence-electron chi connectivity index (χ1n) is 5.14. The third kappa shape index (κ3) is 3.24. The number of nitrogen functional groups attached to an aromatic ring is 1. The number of anilines is 1. The minimum absolute atomic E-state index is 0.178. The van der Waals surface area contributed by atoms with Gasteiger partial charge in [-0.3, -0.25) is 4.79 Å². The molecule has 3 N–H and O–H groups in total. The first-order chi connectivity index (χ1) is 7.46. The number of ether oxygens (including phenoxy) is 1. The van der Waals surface area contributed by atoms with E-state index in [1.165, 1.54) is 0 Å². The standard InChI is InChI=1S/C12H18N2O2/c1-12(2,16-3)8-14-11(15)9-6-4-5-7-10(9)13/h4-7H,8,13H2,1-3H3,(H,14,15). The molecule has 0 aliphatic carbocycles. The van der Waals surface area contributed by atoms with Crippen molar-refractivity contribution in [1.29, 1.82) is 0 Å². The van der Waals surface area contributed by atoms with Crippen molar-refractivity contribution in [1.82, 2.24) is 5.32 Å². The summed E-state index contributed by atoms with van der Waals surface area (Å²) >= 11 is 0. The first kappa shape index (κ1) is 12.5. The van der Waals surface area contributed by atoms with Crippen molar-refractivity contribution in [2.75, 3.05) is 19.4 Å². The number of benzene rings is 1. The van der Waals surface area contributed by atoms with Gasteiger partial charge in [0.15, 0.2) is 0 Å². The zero-order chi connectivity index (χ0) is 12.2. The summed E-state index contributed by atoms with van der Waals surface area (Å²) in [5.41, 5.74) is 6.30. The van der Waals surface area contributed by atoms with Crippen LogP contribution in [0.15, 0.2) is 24.3 Å². The Balaban J connectivity index is 2.64. The molecule has 0 unspecified atom stereocenters. The molecule has 0 heterocycles. The molecule has 0 bridgehead atoms. The molecule has 1 aromatic rings. The summed E-state index contributed by atoms with van der Waals surface area (Å²) in [5.74, 6) is -0.178. The van der Waals surface area contributed by atoms with Crippen molar-refractivity contribution in [3.05, 3.63) is 29.8 Å². The Kier molecular flexibility index (Phi) is 3.90. The zero-order valence-corrected chi connectivity index (χ0v) is 9.91. The van der Waals surface area contributed by atoms with Crippen LogP contribution in [0.1, 0.15) is 24.2 Å². The lowest BCUT2D eigenvalue weighted by atomic mass is 10.1. The SMILES string of the molecule is COC(C)(C)CNC(=O)c1ccccc1N. The van der Waals surface area contributed by atoms with Crippen LogP contribution in [-0.4, -0.2) is 25.2 Å². The Morgan fingerprint density at radius 3 is 2.62 bits per heavy atom. The van der Waals surface area contributed by atoms with Crippen LogP contribution >= 0.6 is 0 Å². The van der Waals surface area contributed by atoms with Gasteiger partial charge in [-0.05, 0) is 26.0 Å². The maximum atomic E-state index is 11.8. The number of hydrogen-bond acceptors (Lipinski definition) is 3. The van der Waals surface area contributed by atoms with Gasteiger partial charge in [0.1, 0.15) is 0 Å². The summed E-state index contributed by atoms with van der Waals surface area (Å²) in [5, 5.41) is 2.79. The fourth-order valence-electron chi connectivity index (χ4n) is 1.16. The van der Waals surface area contributed by atoms with Crippen LogP contribution in [0, 0.1) is 0 Å². The maximum Gasteiger partial charge on any atom is 0.253 e. The predicted molar refractivity (Wildman–Crippen MR) is 64.3 cm³/mol. The fraction of sp³-hybridized carbons (Fsp3) is 0.417. The van der Waals surface area contributed by atoms with Crippen LogP contribution in [0.4, 0.5) is 5.69 Å². The summed E-state index contributed by atoms with van der Waals surface area (Å²) in [6.45, 7) is 4.25. The highest BCUT2D eigenvalue weighted by molar-refractivity contribution is 5.99. The van der Waals surface area contributed by atoms with Crippen LogP contribution in [0.25, 0.3) is 0 Å². The Labute approximate surface area is 95.8 Å². The molecule has 0 radical (unpaired) electrons. The summed E-state index contributed by atoms with van der Waals surface area (Å²) in [4.78, 5) is 11.8. The van der Waals surface area contributed by atoms with Gasteiger partial charge in [-0.15, -0.1) is 0 Å². The number of para-hydroxylation sites is 1. The molecule has 88 valence electrons. The van der Waals surface area contributed by atoms with Crippen LogP contribution in [0.5, 0.6) is 0 Å². The number of hydrogen-bond donors (Lipinski definition) is 2. The molecule has 0 saturated carbocycles. The van der Waals surface area contributed by atoms with E-state index in [-0.39, 0.29) is 11.5 Å². The predicted octanol–water partition coefficient (Wildman–Crippen LogP) is 1.42. The minimum atomic E-state index is -0.376. The Bertz CT molecular complexity index is 375. The summed E-state index contributed by atoms with van der Waals surface area (Å²) in [7, 11) is 1.61. The van der Waals surface area contributed by atoms with Gasteiger partial charge in [0, 0.05) is 19.3 Å². The highest BCUT2D eigenvalue weighted by Crippen LogP contribution is 2.11. The summed E-state index contributed by atoms with van der Waals surface area (Å²) < 4.78 is 5.21. The van der Waals surface area contributed by atoms with Crippen LogP contribution in [-0.2, 0) is 4.74 Å². The van der Waals surface area contributed by atoms with E-state index in [9.17, 15) is 4.79 Å². The summed E-state index contributed by atoms with van der Waals surface area (Å²) in [6, 6.07) is 6.98. The Hall–Kier alpha value is -1.55. The molecule has 0 fully saturated rings. The molecule has 1 amide bonds. The van der Waals surface area contributed by atoms with Gasteiger partial charge in [0.2, 0.25) is 0 Å². The van der Waals surface area contributed by atoms with Gasteiger partial charge in [0.25, 0.3) is 5.91 Å². The third-order valence-electron chi connectivity index (χ3n) is 2.43. The molecular formula is C12H18N2O2. The number of rotatable bonds is 4. The lowest BCUT2D eigenvalue weighted by Gasteiger charge is -2.23. The van der Waals surface area contributed by atoms with Crippen molar-refractivity contribution < 1.29 is 9.53 Å². The molecule has 0 aliphatic heterocycles. The van der Waals surface area contributed by atoms with Gasteiger partial charge >= 0.3 is 0 Å². The van der Waals surface area contributed by atoms with E-state index in [1.54, 1.807) is 31.4 Å². The lowest BCUT2D eigenvalue weighted by Crippen LogP contribution is -2.39. The quantitative estimate of drug-likeness (QED) is 0.757. The van der Waals surface area contributed by atoms with E-state index in [4.69, 9.17) is 10.5 Å². The lowest BCUT2D eigenvalue weighted by molar-refractivity contribution is 0.0229. The van der Waals surface area contributed by atoms with Crippen LogP contribution in [0.3, 0.4) is 0 Å². The van der Waals surface area contributed by atoms with E-state index in [2.05, 4.69) is 5.32 Å². The van der Waals surface area contributed by atoms with Crippen molar-refractivity contribution >= 4 is 11.6 Å². The Morgan fingerprint density at radius 2 is 2.06 bits per heavy atom. The second-order valence-corrected chi connectivity index (χ2v) is 4.23. The Morgan fingerprint density at radius 1 is 1.44 bits per heavy atom. The van der Waals surface area contributed by atoms with E-state index < -0.39 is 0 Å². The fourth-order valence-corrected chi connectivity index (χ4v) is 1.16. The van der Waals surface area contributed by atoms with Crippen molar-refractivity contribution in [2.24, 2.45) is 0 Å². The smallest absolute Gasteiger partial charge is 0.253 e. The zero-order valence-electron chi connectivity index (χ0n) is 9.91. The number of amides is 1. The second-order valence-electron chi connectivity index (χ2n) is 4.23. The maximum absolute atomic E-state index is 11.8. The largest absolute Gasteiger partial charge is 0.398 e. The molecule has 0 aromatic heterocycles. The molecule has 4 heteroatoms. The molecule has 0 saturated heterocycles. The van der Waals surface area contributed by atoms with E-state index in [1.807, 2.05) is 13.8 Å². The third-order valence-corrected chi connectivity index (χ3v) is 2.43. The van der Waals surface area contributed by atoms with Gasteiger partial charge < -0.3 is 15.8 Å². The highest BCUT2D eigenvalue weighted by atomic mass is 16.5. The number of carbonyl (C=O) groups is 1. The topological polar surface area (TPSA) is 64.3 Å². The monoisotopic (exact) mass is 222 g/mol. The van der Waals surface area contributed by atoms with Crippen LogP contribution < -0.4 is 11.1 Å². The van der Waals surface area contributed by atoms with Crippen molar-refractivity contribution in [2.45, 2.75) is 19.4 Å². The molecule has 16 heavy (non-hydrogen) atoms. The minimum Gasteiger partial charge on any atom is -0.398 e. The van der Waals surface area contributed by atoms with Gasteiger partial charge in [-0.25, -0.2) is 0 Å². The number of nitrogens with two attached hydrogens (primary N) is 1. The normalized spacial score (nSPS) is 11.2. The second kappa shape index (κ2) is 4.99. The molecule has 0 aliphatic rings. The van der Waals surface area contributed by atoms with Crippen molar-refractivity contribution in [3.63, 3.8) is 0 Å². The average Bonchev–Trinajstić information content (AvgIpc) is 2.27. The molecule has 0 atom stereocenters. The van der Waals surface area contributed by atoms with E-state index >= 15 is 0 Å².